The van der Waals surface area contributed by atoms with Crippen LogP contribution in [0.3, 0.4) is 0 Å². The molecule has 0 bridgehead atoms. The van der Waals surface area contributed by atoms with Crippen molar-refractivity contribution in [3.63, 3.8) is 0 Å². The number of hydrogen-bond acceptors (Lipinski definition) is 1. The summed E-state index contributed by atoms with van der Waals surface area (Å²) in [5.74, 6) is -1.27. The van der Waals surface area contributed by atoms with Gasteiger partial charge < -0.3 is 0 Å². The van der Waals surface area contributed by atoms with Crippen molar-refractivity contribution in [1.29, 1.82) is 0 Å². The molecule has 21 heavy (non-hydrogen) atoms. The van der Waals surface area contributed by atoms with E-state index in [-0.39, 0.29) is 0 Å². The summed E-state index contributed by atoms with van der Waals surface area (Å²) in [6, 6.07) is 10.5. The van der Waals surface area contributed by atoms with Crippen LogP contribution in [-0.2, 0) is 12.6 Å². The van der Waals surface area contributed by atoms with Crippen molar-refractivity contribution in [3.8, 4) is 0 Å². The van der Waals surface area contributed by atoms with E-state index >= 15 is 0 Å². The van der Waals surface area contributed by atoms with Crippen molar-refractivity contribution >= 4 is 5.71 Å². The van der Waals surface area contributed by atoms with Crippen molar-refractivity contribution < 1.29 is 17.6 Å². The molecule has 1 aliphatic heterocycles. The monoisotopic (exact) mass is 293 g/mol. The molecule has 5 heteroatoms. The van der Waals surface area contributed by atoms with E-state index in [9.17, 15) is 17.6 Å². The van der Waals surface area contributed by atoms with Crippen LogP contribution in [0.5, 0.6) is 0 Å². The van der Waals surface area contributed by atoms with Crippen molar-refractivity contribution in [3.05, 3.63) is 70.5 Å². The van der Waals surface area contributed by atoms with Gasteiger partial charge in [-0.3, -0.25) is 4.99 Å². The van der Waals surface area contributed by atoms with Crippen molar-refractivity contribution in [2.75, 3.05) is 6.54 Å². The molecule has 2 aromatic carbocycles. The lowest BCUT2D eigenvalue weighted by atomic mass is 9.93. The molecule has 0 atom stereocenters. The van der Waals surface area contributed by atoms with Crippen molar-refractivity contribution in [1.82, 2.24) is 0 Å². The zero-order chi connectivity index (χ0) is 15.0. The number of alkyl halides is 3. The number of halogens is 4. The number of hydrogen-bond donors (Lipinski definition) is 0. The molecule has 0 saturated carbocycles. The molecule has 0 unspecified atom stereocenters. The summed E-state index contributed by atoms with van der Waals surface area (Å²) in [4.78, 5) is 4.34. The predicted octanol–water partition coefficient (Wildman–Crippen LogP) is 4.24. The maximum atomic E-state index is 13.7. The van der Waals surface area contributed by atoms with Crippen LogP contribution in [0.15, 0.2) is 47.5 Å². The maximum Gasteiger partial charge on any atom is 0.419 e. The molecular weight excluding hydrogens is 282 g/mol. The van der Waals surface area contributed by atoms with Gasteiger partial charge in [0.15, 0.2) is 0 Å². The summed E-state index contributed by atoms with van der Waals surface area (Å²) < 4.78 is 51.5. The van der Waals surface area contributed by atoms with Gasteiger partial charge in [0.25, 0.3) is 0 Å². The van der Waals surface area contributed by atoms with Gasteiger partial charge in [-0.15, -0.1) is 0 Å². The molecule has 0 saturated heterocycles. The van der Waals surface area contributed by atoms with Crippen LogP contribution in [0.2, 0.25) is 0 Å². The molecule has 0 N–H and O–H groups in total. The number of fused-ring (bicyclic) bond motifs is 1. The lowest BCUT2D eigenvalue weighted by Gasteiger charge is -2.17. The van der Waals surface area contributed by atoms with Crippen LogP contribution < -0.4 is 0 Å². The second-order valence-electron chi connectivity index (χ2n) is 4.83. The van der Waals surface area contributed by atoms with Gasteiger partial charge in [0.2, 0.25) is 0 Å². The lowest BCUT2D eigenvalue weighted by molar-refractivity contribution is -0.140. The molecule has 0 aliphatic carbocycles. The van der Waals surface area contributed by atoms with Crippen LogP contribution >= 0.6 is 0 Å². The predicted molar refractivity (Wildman–Crippen MR) is 72.1 cm³/mol. The van der Waals surface area contributed by atoms with Crippen molar-refractivity contribution in [2.45, 2.75) is 12.6 Å². The molecule has 108 valence electrons. The Bertz CT molecular complexity index is 716. The maximum absolute atomic E-state index is 13.7. The van der Waals surface area contributed by atoms with Crippen LogP contribution in [0.4, 0.5) is 17.6 Å². The molecular formula is C16H11F4N. The lowest BCUT2D eigenvalue weighted by Crippen LogP contribution is -2.15. The first-order valence-electron chi connectivity index (χ1n) is 6.46. The van der Waals surface area contributed by atoms with E-state index in [1.807, 2.05) is 24.3 Å². The summed E-state index contributed by atoms with van der Waals surface area (Å²) in [5.41, 5.74) is 1.58. The average molecular weight is 293 g/mol. The summed E-state index contributed by atoms with van der Waals surface area (Å²) in [5, 5.41) is 0. The van der Waals surface area contributed by atoms with E-state index in [1.165, 1.54) is 6.07 Å². The fourth-order valence-corrected chi connectivity index (χ4v) is 2.48. The zero-order valence-corrected chi connectivity index (χ0v) is 10.9. The van der Waals surface area contributed by atoms with E-state index in [0.717, 1.165) is 29.7 Å². The normalized spacial score (nSPS) is 14.6. The van der Waals surface area contributed by atoms with E-state index in [0.29, 0.717) is 17.8 Å². The highest BCUT2D eigenvalue weighted by atomic mass is 19.4. The molecule has 3 rings (SSSR count). The topological polar surface area (TPSA) is 12.4 Å². The van der Waals surface area contributed by atoms with Gasteiger partial charge >= 0.3 is 6.18 Å². The third-order valence-electron chi connectivity index (χ3n) is 3.47. The minimum atomic E-state index is -4.69. The van der Waals surface area contributed by atoms with Gasteiger partial charge in [0.05, 0.1) is 11.3 Å². The molecule has 1 nitrogen and oxygen atoms in total. The van der Waals surface area contributed by atoms with Gasteiger partial charge in [0, 0.05) is 17.7 Å². The Morgan fingerprint density at radius 3 is 2.48 bits per heavy atom. The molecule has 0 fully saturated rings. The smallest absolute Gasteiger partial charge is 0.284 e. The second kappa shape index (κ2) is 4.98. The molecule has 0 amide bonds. The standard InChI is InChI=1S/C16H11F4N/c17-14-9-11(5-6-13(14)16(18,19)20)15-12-4-2-1-3-10(12)7-8-21-15/h1-6,9H,7-8H2. The first-order chi connectivity index (χ1) is 9.97. The first-order valence-corrected chi connectivity index (χ1v) is 6.46. The van der Waals surface area contributed by atoms with E-state index < -0.39 is 17.6 Å². The molecule has 1 heterocycles. The number of rotatable bonds is 1. The van der Waals surface area contributed by atoms with Gasteiger partial charge in [0.1, 0.15) is 5.82 Å². The SMILES string of the molecule is Fc1cc(C2=NCCc3ccccc32)ccc1C(F)(F)F. The molecule has 0 spiro atoms. The van der Waals surface area contributed by atoms with Crippen molar-refractivity contribution in [2.24, 2.45) is 4.99 Å². The third-order valence-corrected chi connectivity index (χ3v) is 3.47. The minimum Gasteiger partial charge on any atom is -0.284 e. The summed E-state index contributed by atoms with van der Waals surface area (Å²) >= 11 is 0. The number of nitrogens with zero attached hydrogens (tertiary/aromatic N) is 1. The molecule has 0 radical (unpaired) electrons. The van der Waals surface area contributed by atoms with Crippen LogP contribution in [0.1, 0.15) is 22.3 Å². The number of benzene rings is 2. The van der Waals surface area contributed by atoms with Crippen LogP contribution in [0.25, 0.3) is 0 Å². The first kappa shape index (κ1) is 13.8. The van der Waals surface area contributed by atoms with Gasteiger partial charge in [-0.25, -0.2) is 4.39 Å². The largest absolute Gasteiger partial charge is 0.419 e. The Kier molecular flexibility index (Phi) is 3.27. The Morgan fingerprint density at radius 1 is 1.00 bits per heavy atom. The Labute approximate surface area is 118 Å². The zero-order valence-electron chi connectivity index (χ0n) is 10.9. The van der Waals surface area contributed by atoms with Crippen LogP contribution in [0, 0.1) is 5.82 Å². The fraction of sp³-hybridized carbons (Fsp3) is 0.188. The molecule has 2 aromatic rings. The Balaban J connectivity index is 2.06. The van der Waals surface area contributed by atoms with E-state index in [4.69, 9.17) is 0 Å². The highest BCUT2D eigenvalue weighted by Gasteiger charge is 2.34. The van der Waals surface area contributed by atoms with Gasteiger partial charge in [-0.05, 0) is 24.1 Å². The minimum absolute atomic E-state index is 0.368. The second-order valence-corrected chi connectivity index (χ2v) is 4.83. The summed E-state index contributed by atoms with van der Waals surface area (Å²) in [6.45, 7) is 0.551. The third kappa shape index (κ3) is 2.55. The fourth-order valence-electron chi connectivity index (χ4n) is 2.48. The Morgan fingerprint density at radius 2 is 1.76 bits per heavy atom. The van der Waals surface area contributed by atoms with Gasteiger partial charge in [-0.2, -0.15) is 13.2 Å². The van der Waals surface area contributed by atoms with Gasteiger partial charge in [-0.1, -0.05) is 30.3 Å². The average Bonchev–Trinajstić information content (AvgIpc) is 2.45. The van der Waals surface area contributed by atoms with Crippen LogP contribution in [-0.4, -0.2) is 12.3 Å². The highest BCUT2D eigenvalue weighted by molar-refractivity contribution is 6.14. The quantitative estimate of drug-likeness (QED) is 0.697. The molecule has 1 aliphatic rings. The molecule has 0 aromatic heterocycles. The number of aliphatic imine (C=N–C) groups is 1. The highest BCUT2D eigenvalue weighted by Crippen LogP contribution is 2.32. The summed E-state index contributed by atoms with van der Waals surface area (Å²) in [7, 11) is 0. The Hall–Kier alpha value is -2.17. The summed E-state index contributed by atoms with van der Waals surface area (Å²) in [6.07, 6.45) is -3.91. The van der Waals surface area contributed by atoms with E-state index in [2.05, 4.69) is 4.99 Å². The van der Waals surface area contributed by atoms with E-state index in [1.54, 1.807) is 0 Å².